The van der Waals surface area contributed by atoms with Crippen LogP contribution in [-0.4, -0.2) is 17.3 Å². The molecule has 3 nitrogen and oxygen atoms in total. The van der Waals surface area contributed by atoms with E-state index in [0.717, 1.165) is 11.3 Å². The summed E-state index contributed by atoms with van der Waals surface area (Å²) in [6, 6.07) is 14.3. The monoisotopic (exact) mass is 331 g/mol. The highest BCUT2D eigenvalue weighted by Crippen LogP contribution is 2.28. The number of carbonyl (C=O) groups excluding carboxylic acids is 1. The molecule has 0 aliphatic rings. The van der Waals surface area contributed by atoms with Crippen LogP contribution in [0.25, 0.3) is 22.2 Å². The SMILES string of the molecule is COc1ccc(-c2cc(C(=O)Cl)c3cc(Cl)ccc3n2)cc1. The minimum Gasteiger partial charge on any atom is -0.497 e. The number of hydrogen-bond acceptors (Lipinski definition) is 3. The number of pyridine rings is 1. The summed E-state index contributed by atoms with van der Waals surface area (Å²) in [6.45, 7) is 0. The summed E-state index contributed by atoms with van der Waals surface area (Å²) < 4.78 is 5.14. The van der Waals surface area contributed by atoms with Gasteiger partial charge in [-0.05, 0) is 60.1 Å². The van der Waals surface area contributed by atoms with E-state index in [9.17, 15) is 4.79 Å². The number of fused-ring (bicyclic) bond motifs is 1. The van der Waals surface area contributed by atoms with E-state index in [0.29, 0.717) is 27.2 Å². The maximum atomic E-state index is 11.7. The highest BCUT2D eigenvalue weighted by Gasteiger charge is 2.12. The molecule has 0 saturated heterocycles. The molecule has 0 aliphatic heterocycles. The van der Waals surface area contributed by atoms with Gasteiger partial charge in [-0.25, -0.2) is 4.98 Å². The Kier molecular flexibility index (Phi) is 4.01. The molecule has 0 bridgehead atoms. The van der Waals surface area contributed by atoms with Crippen molar-refractivity contribution in [1.29, 1.82) is 0 Å². The van der Waals surface area contributed by atoms with Crippen LogP contribution in [0, 0.1) is 0 Å². The Morgan fingerprint density at radius 2 is 1.82 bits per heavy atom. The van der Waals surface area contributed by atoms with Gasteiger partial charge in [-0.15, -0.1) is 0 Å². The highest BCUT2D eigenvalue weighted by atomic mass is 35.5. The van der Waals surface area contributed by atoms with E-state index >= 15 is 0 Å². The van der Waals surface area contributed by atoms with Gasteiger partial charge in [0.05, 0.1) is 18.3 Å². The highest BCUT2D eigenvalue weighted by molar-refractivity contribution is 6.68. The van der Waals surface area contributed by atoms with E-state index < -0.39 is 5.24 Å². The molecule has 22 heavy (non-hydrogen) atoms. The second-order valence-corrected chi connectivity index (χ2v) is 5.50. The lowest BCUT2D eigenvalue weighted by Gasteiger charge is -2.08. The summed E-state index contributed by atoms with van der Waals surface area (Å²) in [5.41, 5.74) is 2.60. The van der Waals surface area contributed by atoms with E-state index in [1.165, 1.54) is 0 Å². The summed E-state index contributed by atoms with van der Waals surface area (Å²) in [5, 5.41) is 0.639. The number of nitrogens with zero attached hydrogens (tertiary/aromatic N) is 1. The lowest BCUT2D eigenvalue weighted by molar-refractivity contribution is 0.108. The van der Waals surface area contributed by atoms with Crippen LogP contribution < -0.4 is 4.74 Å². The maximum Gasteiger partial charge on any atom is 0.253 e. The van der Waals surface area contributed by atoms with Crippen molar-refractivity contribution in [2.45, 2.75) is 0 Å². The Hall–Kier alpha value is -2.10. The lowest BCUT2D eigenvalue weighted by Crippen LogP contribution is -1.96. The van der Waals surface area contributed by atoms with Crippen molar-refractivity contribution >= 4 is 39.3 Å². The van der Waals surface area contributed by atoms with E-state index in [2.05, 4.69) is 4.98 Å². The van der Waals surface area contributed by atoms with Gasteiger partial charge in [0.25, 0.3) is 5.24 Å². The van der Waals surface area contributed by atoms with Gasteiger partial charge in [0.2, 0.25) is 0 Å². The van der Waals surface area contributed by atoms with E-state index in [1.807, 2.05) is 24.3 Å². The molecular weight excluding hydrogens is 321 g/mol. The second-order valence-electron chi connectivity index (χ2n) is 4.72. The van der Waals surface area contributed by atoms with Gasteiger partial charge in [0.1, 0.15) is 5.75 Å². The molecule has 1 heterocycles. The quantitative estimate of drug-likeness (QED) is 0.638. The van der Waals surface area contributed by atoms with Crippen molar-refractivity contribution in [2.24, 2.45) is 0 Å². The summed E-state index contributed by atoms with van der Waals surface area (Å²) in [7, 11) is 1.61. The van der Waals surface area contributed by atoms with Crippen molar-refractivity contribution in [3.05, 3.63) is 59.1 Å². The summed E-state index contributed by atoms with van der Waals surface area (Å²) in [6.07, 6.45) is 0. The Bertz CT molecular complexity index is 860. The van der Waals surface area contributed by atoms with Crippen LogP contribution in [-0.2, 0) is 0 Å². The Morgan fingerprint density at radius 1 is 1.09 bits per heavy atom. The number of carbonyl (C=O) groups is 1. The van der Waals surface area contributed by atoms with Gasteiger partial charge in [-0.3, -0.25) is 4.79 Å². The lowest BCUT2D eigenvalue weighted by atomic mass is 10.0. The van der Waals surface area contributed by atoms with Crippen LogP contribution in [0.1, 0.15) is 10.4 Å². The van der Waals surface area contributed by atoms with Gasteiger partial charge >= 0.3 is 0 Å². The first-order valence-electron chi connectivity index (χ1n) is 6.53. The Balaban J connectivity index is 2.21. The van der Waals surface area contributed by atoms with Crippen LogP contribution in [0.15, 0.2) is 48.5 Å². The third kappa shape index (κ3) is 2.78. The van der Waals surface area contributed by atoms with Gasteiger partial charge in [0.15, 0.2) is 0 Å². The molecule has 0 aliphatic carbocycles. The van der Waals surface area contributed by atoms with E-state index in [1.54, 1.807) is 31.4 Å². The molecule has 0 atom stereocenters. The fraction of sp³-hybridized carbons (Fsp3) is 0.0588. The number of halogens is 2. The molecule has 3 rings (SSSR count). The summed E-state index contributed by atoms with van der Waals surface area (Å²) >= 11 is 11.7. The van der Waals surface area contributed by atoms with Crippen molar-refractivity contribution in [2.75, 3.05) is 7.11 Å². The molecule has 0 unspecified atom stereocenters. The second kappa shape index (κ2) is 5.95. The fourth-order valence-corrected chi connectivity index (χ4v) is 2.60. The molecule has 1 aromatic heterocycles. The smallest absolute Gasteiger partial charge is 0.253 e. The molecule has 5 heteroatoms. The van der Waals surface area contributed by atoms with Gasteiger partial charge in [-0.1, -0.05) is 11.6 Å². The minimum atomic E-state index is -0.538. The zero-order chi connectivity index (χ0) is 15.7. The molecule has 0 amide bonds. The Morgan fingerprint density at radius 3 is 2.45 bits per heavy atom. The first-order chi connectivity index (χ1) is 10.6. The van der Waals surface area contributed by atoms with Gasteiger partial charge in [-0.2, -0.15) is 0 Å². The molecule has 0 N–H and O–H groups in total. The third-order valence-electron chi connectivity index (χ3n) is 3.37. The molecule has 0 spiro atoms. The molecule has 0 radical (unpaired) electrons. The van der Waals surface area contributed by atoms with E-state index in [-0.39, 0.29) is 0 Å². The number of methoxy groups -OCH3 is 1. The largest absolute Gasteiger partial charge is 0.497 e. The van der Waals surface area contributed by atoms with Crippen LogP contribution in [0.4, 0.5) is 0 Å². The molecule has 0 fully saturated rings. The molecular formula is C17H11Cl2NO2. The summed E-state index contributed by atoms with van der Waals surface area (Å²) in [5.74, 6) is 0.755. The predicted molar refractivity (Wildman–Crippen MR) is 88.9 cm³/mol. The zero-order valence-electron chi connectivity index (χ0n) is 11.6. The van der Waals surface area contributed by atoms with Crippen LogP contribution >= 0.6 is 23.2 Å². The average Bonchev–Trinajstić information content (AvgIpc) is 2.53. The number of aromatic nitrogens is 1. The van der Waals surface area contributed by atoms with Crippen LogP contribution in [0.2, 0.25) is 5.02 Å². The predicted octanol–water partition coefficient (Wildman–Crippen LogP) is 4.94. The van der Waals surface area contributed by atoms with Gasteiger partial charge in [0, 0.05) is 21.5 Å². The number of rotatable bonds is 3. The Labute approximate surface area is 137 Å². The first-order valence-corrected chi connectivity index (χ1v) is 7.28. The van der Waals surface area contributed by atoms with Gasteiger partial charge < -0.3 is 4.74 Å². The fourth-order valence-electron chi connectivity index (χ4n) is 2.27. The van der Waals surface area contributed by atoms with Crippen molar-refractivity contribution in [3.63, 3.8) is 0 Å². The summed E-state index contributed by atoms with van der Waals surface area (Å²) in [4.78, 5) is 16.3. The van der Waals surface area contributed by atoms with Crippen molar-refractivity contribution in [3.8, 4) is 17.0 Å². The number of benzene rings is 2. The number of ether oxygens (including phenoxy) is 1. The first kappa shape index (κ1) is 14.8. The molecule has 0 saturated carbocycles. The zero-order valence-corrected chi connectivity index (χ0v) is 13.2. The minimum absolute atomic E-state index is 0.389. The van der Waals surface area contributed by atoms with E-state index in [4.69, 9.17) is 27.9 Å². The molecule has 110 valence electrons. The van der Waals surface area contributed by atoms with Crippen LogP contribution in [0.5, 0.6) is 5.75 Å². The maximum absolute atomic E-state index is 11.7. The third-order valence-corrected chi connectivity index (χ3v) is 3.81. The number of hydrogen-bond donors (Lipinski definition) is 0. The van der Waals surface area contributed by atoms with Crippen molar-refractivity contribution < 1.29 is 9.53 Å². The standard InChI is InChI=1S/C17H11Cl2NO2/c1-22-12-5-2-10(3-6-12)16-9-14(17(19)21)13-8-11(18)4-7-15(13)20-16/h2-9H,1H3. The topological polar surface area (TPSA) is 39.2 Å². The van der Waals surface area contributed by atoms with Crippen molar-refractivity contribution in [1.82, 2.24) is 4.98 Å². The molecule has 2 aromatic carbocycles. The molecule has 3 aromatic rings. The normalized spacial score (nSPS) is 10.7. The van der Waals surface area contributed by atoms with Crippen LogP contribution in [0.3, 0.4) is 0 Å². The average molecular weight is 332 g/mol.